The van der Waals surface area contributed by atoms with Crippen LogP contribution < -0.4 is 5.43 Å². The van der Waals surface area contributed by atoms with Crippen molar-refractivity contribution in [3.05, 3.63) is 63.3 Å². The van der Waals surface area contributed by atoms with Gasteiger partial charge in [0, 0.05) is 31.7 Å². The maximum atomic E-state index is 13.2. The van der Waals surface area contributed by atoms with Crippen LogP contribution in [0.15, 0.2) is 35.3 Å². The highest BCUT2D eigenvalue weighted by Gasteiger charge is 2.45. The Hall–Kier alpha value is -3.00. The van der Waals surface area contributed by atoms with Crippen molar-refractivity contribution in [2.24, 2.45) is 5.92 Å². The molecule has 1 aromatic heterocycles. The number of hydrogen-bond donors (Lipinski definition) is 1. The highest BCUT2D eigenvalue weighted by Crippen LogP contribution is 2.32. The minimum Gasteiger partial charge on any atom is -0.503 e. The molecule has 2 aliphatic heterocycles. The number of aromatic nitrogens is 1. The molecule has 1 N–H and O–H groups in total. The molecular formula is C24H28FN3O4. The van der Waals surface area contributed by atoms with Gasteiger partial charge in [-0.15, -0.1) is 0 Å². The number of carbonyl (C=O) groups excluding carboxylic acids is 2. The fraction of sp³-hybridized carbons (Fsp3) is 0.458. The van der Waals surface area contributed by atoms with E-state index in [-0.39, 0.29) is 41.6 Å². The standard InChI is InChI=1S/C24H28FN3O4/c1-14(2)10-26-11-15(3)28-20(26)13-27-12-18(22(30)23(31)21(27)24(28)32)19(29)9-6-16-4-7-17(25)8-5-16/h4-5,7-8,12,14-15,20,31H,6,9-11,13H2,1-3H3/t15-,20?/m1/s1. The zero-order valence-corrected chi connectivity index (χ0v) is 18.5. The molecule has 1 aromatic carbocycles. The van der Waals surface area contributed by atoms with Crippen molar-refractivity contribution >= 4 is 11.7 Å². The van der Waals surface area contributed by atoms with E-state index >= 15 is 0 Å². The number of aromatic hydroxyl groups is 1. The number of aryl methyl sites for hydroxylation is 1. The van der Waals surface area contributed by atoms with Gasteiger partial charge in [-0.2, -0.15) is 0 Å². The summed E-state index contributed by atoms with van der Waals surface area (Å²) >= 11 is 0. The van der Waals surface area contributed by atoms with Crippen molar-refractivity contribution in [2.75, 3.05) is 13.1 Å². The molecule has 4 rings (SSSR count). The number of Topliss-reactive ketones (excluding diaryl/α,β-unsaturated/α-hetero) is 1. The van der Waals surface area contributed by atoms with E-state index in [0.717, 1.165) is 18.7 Å². The monoisotopic (exact) mass is 441 g/mol. The molecule has 170 valence electrons. The van der Waals surface area contributed by atoms with Gasteiger partial charge >= 0.3 is 0 Å². The van der Waals surface area contributed by atoms with Crippen LogP contribution in [0.2, 0.25) is 0 Å². The van der Waals surface area contributed by atoms with E-state index in [0.29, 0.717) is 18.9 Å². The summed E-state index contributed by atoms with van der Waals surface area (Å²) in [5.41, 5.74) is -0.231. The Kier molecular flexibility index (Phi) is 5.90. The Morgan fingerprint density at radius 3 is 2.53 bits per heavy atom. The molecule has 0 aliphatic carbocycles. The van der Waals surface area contributed by atoms with Crippen LogP contribution in [0.3, 0.4) is 0 Å². The van der Waals surface area contributed by atoms with Crippen LogP contribution in [-0.4, -0.2) is 56.5 Å². The second kappa shape index (κ2) is 8.50. The van der Waals surface area contributed by atoms with Gasteiger partial charge in [-0.1, -0.05) is 26.0 Å². The predicted octanol–water partition coefficient (Wildman–Crippen LogP) is 2.65. The molecule has 0 bridgehead atoms. The molecule has 1 amide bonds. The van der Waals surface area contributed by atoms with E-state index in [1.807, 2.05) is 6.92 Å². The highest BCUT2D eigenvalue weighted by molar-refractivity contribution is 6.00. The van der Waals surface area contributed by atoms with Crippen LogP contribution >= 0.6 is 0 Å². The largest absolute Gasteiger partial charge is 0.503 e. The lowest BCUT2D eigenvalue weighted by molar-refractivity contribution is 0.0436. The fourth-order valence-electron chi connectivity index (χ4n) is 4.78. The van der Waals surface area contributed by atoms with Gasteiger partial charge in [0.2, 0.25) is 5.43 Å². The molecule has 1 unspecified atom stereocenters. The van der Waals surface area contributed by atoms with Crippen molar-refractivity contribution in [1.82, 2.24) is 14.4 Å². The summed E-state index contributed by atoms with van der Waals surface area (Å²) in [7, 11) is 0. The Labute approximate surface area is 186 Å². The number of halogens is 1. The van der Waals surface area contributed by atoms with E-state index in [1.165, 1.54) is 18.3 Å². The Balaban J connectivity index is 1.62. The number of fused-ring (bicyclic) bond motifs is 2. The first-order valence-corrected chi connectivity index (χ1v) is 11.0. The Morgan fingerprint density at radius 2 is 1.88 bits per heavy atom. The number of benzene rings is 1. The summed E-state index contributed by atoms with van der Waals surface area (Å²) in [6.07, 6.45) is 1.61. The maximum absolute atomic E-state index is 13.2. The molecule has 3 heterocycles. The van der Waals surface area contributed by atoms with Gasteiger partial charge < -0.3 is 14.6 Å². The molecule has 0 spiro atoms. The first-order valence-electron chi connectivity index (χ1n) is 11.0. The van der Waals surface area contributed by atoms with Gasteiger partial charge in [-0.05, 0) is 37.0 Å². The minimum atomic E-state index is -0.821. The summed E-state index contributed by atoms with van der Waals surface area (Å²) in [5, 5.41) is 10.6. The average Bonchev–Trinajstić information content (AvgIpc) is 3.04. The number of rotatable bonds is 6. The van der Waals surface area contributed by atoms with Crippen molar-refractivity contribution in [2.45, 2.75) is 52.4 Å². The molecule has 32 heavy (non-hydrogen) atoms. The summed E-state index contributed by atoms with van der Waals surface area (Å²) in [5.74, 6) is -1.41. The number of hydrogen-bond acceptors (Lipinski definition) is 5. The summed E-state index contributed by atoms with van der Waals surface area (Å²) in [6, 6.07) is 5.80. The van der Waals surface area contributed by atoms with Crippen LogP contribution in [0.4, 0.5) is 4.39 Å². The number of ketones is 1. The molecule has 1 fully saturated rings. The van der Waals surface area contributed by atoms with E-state index in [9.17, 15) is 23.9 Å². The first-order chi connectivity index (χ1) is 15.2. The van der Waals surface area contributed by atoms with E-state index in [1.54, 1.807) is 21.6 Å². The molecule has 0 radical (unpaired) electrons. The zero-order valence-electron chi connectivity index (χ0n) is 18.5. The van der Waals surface area contributed by atoms with Gasteiger partial charge in [-0.25, -0.2) is 4.39 Å². The molecule has 1 saturated heterocycles. The lowest BCUT2D eigenvalue weighted by atomic mass is 10.0. The van der Waals surface area contributed by atoms with Gasteiger partial charge in [0.05, 0.1) is 12.1 Å². The van der Waals surface area contributed by atoms with E-state index in [4.69, 9.17) is 0 Å². The van der Waals surface area contributed by atoms with Crippen LogP contribution in [0.1, 0.15) is 53.6 Å². The molecule has 2 atom stereocenters. The van der Waals surface area contributed by atoms with Crippen molar-refractivity contribution < 1.29 is 19.1 Å². The van der Waals surface area contributed by atoms with Gasteiger partial charge in [0.25, 0.3) is 5.91 Å². The first kappa shape index (κ1) is 22.2. The van der Waals surface area contributed by atoms with Crippen LogP contribution in [0.25, 0.3) is 0 Å². The number of amides is 1. The second-order valence-corrected chi connectivity index (χ2v) is 9.16. The molecule has 0 saturated carbocycles. The summed E-state index contributed by atoms with van der Waals surface area (Å²) in [6.45, 7) is 8.12. The zero-order chi connectivity index (χ0) is 23.2. The maximum Gasteiger partial charge on any atom is 0.276 e. The lowest BCUT2D eigenvalue weighted by Crippen LogP contribution is -2.52. The number of pyridine rings is 1. The minimum absolute atomic E-state index is 0.0356. The molecule has 7 nitrogen and oxygen atoms in total. The van der Waals surface area contributed by atoms with Gasteiger partial charge in [-0.3, -0.25) is 19.3 Å². The van der Waals surface area contributed by atoms with Crippen LogP contribution in [-0.2, 0) is 13.0 Å². The van der Waals surface area contributed by atoms with E-state index in [2.05, 4.69) is 18.7 Å². The van der Waals surface area contributed by atoms with Crippen molar-refractivity contribution in [3.8, 4) is 5.75 Å². The third-order valence-electron chi connectivity index (χ3n) is 6.22. The van der Waals surface area contributed by atoms with E-state index < -0.39 is 17.0 Å². The van der Waals surface area contributed by atoms with Crippen molar-refractivity contribution in [3.63, 3.8) is 0 Å². The molecular weight excluding hydrogens is 413 g/mol. The fourth-order valence-corrected chi connectivity index (χ4v) is 4.78. The lowest BCUT2D eigenvalue weighted by Gasteiger charge is -2.38. The van der Waals surface area contributed by atoms with Crippen molar-refractivity contribution in [1.29, 1.82) is 0 Å². The third-order valence-corrected chi connectivity index (χ3v) is 6.22. The third kappa shape index (κ3) is 3.95. The number of nitrogens with zero attached hydrogens (tertiary/aromatic N) is 3. The van der Waals surface area contributed by atoms with Crippen LogP contribution in [0, 0.1) is 11.7 Å². The van der Waals surface area contributed by atoms with Crippen LogP contribution in [0.5, 0.6) is 5.75 Å². The topological polar surface area (TPSA) is 82.8 Å². The highest BCUT2D eigenvalue weighted by atomic mass is 19.1. The second-order valence-electron chi connectivity index (χ2n) is 9.16. The quantitative estimate of drug-likeness (QED) is 0.697. The Bertz CT molecular complexity index is 1110. The molecule has 2 aromatic rings. The molecule has 8 heteroatoms. The SMILES string of the molecule is CC(C)CN1C[C@@H](C)N2C(=O)c3c(O)c(=O)c(C(=O)CCc4ccc(F)cc4)cn3CC12. The average molecular weight is 442 g/mol. The predicted molar refractivity (Wildman–Crippen MR) is 117 cm³/mol. The summed E-state index contributed by atoms with van der Waals surface area (Å²) < 4.78 is 14.6. The number of carbonyl (C=O) groups is 2. The smallest absolute Gasteiger partial charge is 0.276 e. The Morgan fingerprint density at radius 1 is 1.19 bits per heavy atom. The van der Waals surface area contributed by atoms with Gasteiger partial charge in [0.15, 0.2) is 17.2 Å². The van der Waals surface area contributed by atoms with Gasteiger partial charge in [0.1, 0.15) is 12.0 Å². The molecule has 2 aliphatic rings. The normalized spacial score (nSPS) is 20.5. The summed E-state index contributed by atoms with van der Waals surface area (Å²) in [4.78, 5) is 42.7.